The molecule has 0 unspecified atom stereocenters. The normalized spacial score (nSPS) is 12.6. The Morgan fingerprint density at radius 3 is 2.05 bits per heavy atom. The van der Waals surface area contributed by atoms with E-state index >= 15 is 0 Å². The van der Waals surface area contributed by atoms with Crippen molar-refractivity contribution in [1.82, 2.24) is 4.72 Å². The van der Waals surface area contributed by atoms with Crippen LogP contribution in [0.5, 0.6) is 0 Å². The number of rotatable bonds is 8. The number of benzene rings is 1. The van der Waals surface area contributed by atoms with Gasteiger partial charge in [0.25, 0.3) is 0 Å². The van der Waals surface area contributed by atoms with E-state index in [1.807, 2.05) is 19.1 Å². The van der Waals surface area contributed by atoms with Crippen LogP contribution in [0.2, 0.25) is 0 Å². The molecule has 0 bridgehead atoms. The summed E-state index contributed by atoms with van der Waals surface area (Å²) < 4.78 is 27.7. The monoisotopic (exact) mass is 425 g/mol. The van der Waals surface area contributed by atoms with Gasteiger partial charge in [0.15, 0.2) is 0 Å². The fraction of sp³-hybridized carbons (Fsp3) is 0.571. The molecule has 1 N–H and O–H groups in total. The summed E-state index contributed by atoms with van der Waals surface area (Å²) in [6.07, 6.45) is 2.72. The first-order valence-corrected chi connectivity index (χ1v) is 10.4. The van der Waals surface area contributed by atoms with Gasteiger partial charge in [-0.3, -0.25) is 0 Å². The van der Waals surface area contributed by atoms with Crippen LogP contribution in [-0.4, -0.2) is 24.6 Å². The quantitative estimate of drug-likeness (QED) is 0.641. The van der Waals surface area contributed by atoms with Crippen molar-refractivity contribution in [1.29, 1.82) is 0 Å². The van der Waals surface area contributed by atoms with Crippen LogP contribution in [-0.2, 0) is 16.4 Å². The SMILES string of the molecule is CCCc1ccc(S(=O)(=O)NC(CC)(CBr)CBr)cc1. The van der Waals surface area contributed by atoms with Crippen molar-refractivity contribution in [3.05, 3.63) is 29.8 Å². The maximum atomic E-state index is 12.4. The summed E-state index contributed by atoms with van der Waals surface area (Å²) in [5.74, 6) is 0. The number of halogens is 2. The molecule has 114 valence electrons. The van der Waals surface area contributed by atoms with Crippen molar-refractivity contribution in [2.75, 3.05) is 10.7 Å². The van der Waals surface area contributed by atoms with Crippen LogP contribution in [0.25, 0.3) is 0 Å². The lowest BCUT2D eigenvalue weighted by Crippen LogP contribution is -2.50. The summed E-state index contributed by atoms with van der Waals surface area (Å²) in [6, 6.07) is 7.12. The van der Waals surface area contributed by atoms with E-state index in [1.165, 1.54) is 0 Å². The van der Waals surface area contributed by atoms with Crippen molar-refractivity contribution >= 4 is 41.9 Å². The van der Waals surface area contributed by atoms with Gasteiger partial charge in [0.1, 0.15) is 0 Å². The Morgan fingerprint density at radius 2 is 1.65 bits per heavy atom. The highest BCUT2D eigenvalue weighted by atomic mass is 79.9. The Labute approximate surface area is 138 Å². The van der Waals surface area contributed by atoms with E-state index in [1.54, 1.807) is 12.1 Å². The second kappa shape index (κ2) is 7.92. The molecule has 20 heavy (non-hydrogen) atoms. The molecule has 0 radical (unpaired) electrons. The topological polar surface area (TPSA) is 46.2 Å². The summed E-state index contributed by atoms with van der Waals surface area (Å²) >= 11 is 6.79. The molecule has 0 aliphatic rings. The Hall–Kier alpha value is 0.0900. The Bertz CT molecular complexity index is 502. The van der Waals surface area contributed by atoms with Gasteiger partial charge in [-0.15, -0.1) is 0 Å². The molecule has 0 saturated heterocycles. The number of hydrogen-bond acceptors (Lipinski definition) is 2. The number of nitrogens with one attached hydrogen (secondary N) is 1. The van der Waals surface area contributed by atoms with Crippen LogP contribution in [0.1, 0.15) is 32.3 Å². The van der Waals surface area contributed by atoms with Crippen molar-refractivity contribution in [2.24, 2.45) is 0 Å². The predicted octanol–water partition coefficient (Wildman–Crippen LogP) is 3.86. The second-order valence-corrected chi connectivity index (χ2v) is 7.70. The molecule has 0 aliphatic heterocycles. The fourth-order valence-corrected chi connectivity index (χ4v) is 5.66. The zero-order valence-electron chi connectivity index (χ0n) is 11.8. The van der Waals surface area contributed by atoms with Crippen LogP contribution >= 0.6 is 31.9 Å². The second-order valence-electron chi connectivity index (χ2n) is 4.90. The van der Waals surface area contributed by atoms with Crippen LogP contribution in [0.3, 0.4) is 0 Å². The largest absolute Gasteiger partial charge is 0.241 e. The third kappa shape index (κ3) is 4.55. The minimum Gasteiger partial charge on any atom is -0.207 e. The number of hydrogen-bond donors (Lipinski definition) is 1. The number of aryl methyl sites for hydroxylation is 1. The van der Waals surface area contributed by atoms with E-state index in [0.29, 0.717) is 22.0 Å². The summed E-state index contributed by atoms with van der Waals surface area (Å²) in [5, 5.41) is 1.13. The van der Waals surface area contributed by atoms with Gasteiger partial charge in [0.2, 0.25) is 10.0 Å². The Kier molecular flexibility index (Phi) is 7.18. The Balaban J connectivity index is 2.98. The molecule has 1 rings (SSSR count). The molecular formula is C14H21Br2NO2S. The molecule has 0 fully saturated rings. The molecule has 0 aromatic heterocycles. The maximum absolute atomic E-state index is 12.4. The van der Waals surface area contributed by atoms with Gasteiger partial charge in [-0.05, 0) is 30.5 Å². The van der Waals surface area contributed by atoms with Crippen molar-refractivity contribution in [3.63, 3.8) is 0 Å². The highest BCUT2D eigenvalue weighted by Gasteiger charge is 2.31. The van der Waals surface area contributed by atoms with E-state index in [2.05, 4.69) is 43.5 Å². The molecule has 1 aromatic rings. The first-order chi connectivity index (χ1) is 9.43. The summed E-state index contributed by atoms with van der Waals surface area (Å²) in [7, 11) is -3.50. The van der Waals surface area contributed by atoms with E-state index in [9.17, 15) is 8.42 Å². The highest BCUT2D eigenvalue weighted by molar-refractivity contribution is 9.09. The molecule has 0 aliphatic carbocycles. The van der Waals surface area contributed by atoms with Gasteiger partial charge in [-0.2, -0.15) is 0 Å². The lowest BCUT2D eigenvalue weighted by atomic mass is 10.0. The molecule has 1 aromatic carbocycles. The minimum absolute atomic E-state index is 0.317. The third-order valence-corrected chi connectivity index (χ3v) is 7.05. The molecule has 0 spiro atoms. The molecule has 0 amide bonds. The predicted molar refractivity (Wildman–Crippen MR) is 91.4 cm³/mol. The van der Waals surface area contributed by atoms with E-state index in [-0.39, 0.29) is 0 Å². The number of sulfonamides is 1. The number of alkyl halides is 2. The lowest BCUT2D eigenvalue weighted by Gasteiger charge is -2.29. The van der Waals surface area contributed by atoms with Crippen LogP contribution in [0.4, 0.5) is 0 Å². The average molecular weight is 427 g/mol. The van der Waals surface area contributed by atoms with E-state index in [0.717, 1.165) is 18.4 Å². The first kappa shape index (κ1) is 18.1. The van der Waals surface area contributed by atoms with Gasteiger partial charge >= 0.3 is 0 Å². The van der Waals surface area contributed by atoms with Gasteiger partial charge < -0.3 is 0 Å². The molecule has 0 heterocycles. The fourth-order valence-electron chi connectivity index (χ4n) is 1.82. The first-order valence-electron chi connectivity index (χ1n) is 6.68. The van der Waals surface area contributed by atoms with Crippen molar-refractivity contribution in [2.45, 2.75) is 43.5 Å². The van der Waals surface area contributed by atoms with Gasteiger partial charge in [-0.25, -0.2) is 13.1 Å². The molecule has 6 heteroatoms. The summed E-state index contributed by atoms with van der Waals surface area (Å²) in [4.78, 5) is 0.317. The van der Waals surface area contributed by atoms with Crippen LogP contribution in [0, 0.1) is 0 Å². The highest BCUT2D eigenvalue weighted by Crippen LogP contribution is 2.21. The summed E-state index contributed by atoms with van der Waals surface area (Å²) in [6.45, 7) is 4.07. The third-order valence-electron chi connectivity index (χ3n) is 3.31. The van der Waals surface area contributed by atoms with E-state index in [4.69, 9.17) is 0 Å². The molecule has 0 atom stereocenters. The smallest absolute Gasteiger partial charge is 0.207 e. The standard InChI is InChI=1S/C14H21Br2NO2S/c1-3-5-12-6-8-13(9-7-12)20(18,19)17-14(4-2,10-15)11-16/h6-9,17H,3-5,10-11H2,1-2H3. The van der Waals surface area contributed by atoms with Gasteiger partial charge in [0.05, 0.1) is 10.4 Å². The summed E-state index contributed by atoms with van der Waals surface area (Å²) in [5.41, 5.74) is 0.662. The van der Waals surface area contributed by atoms with Crippen molar-refractivity contribution < 1.29 is 8.42 Å². The minimum atomic E-state index is -3.50. The zero-order valence-corrected chi connectivity index (χ0v) is 15.8. The van der Waals surface area contributed by atoms with Crippen LogP contribution < -0.4 is 4.72 Å². The van der Waals surface area contributed by atoms with E-state index < -0.39 is 15.6 Å². The maximum Gasteiger partial charge on any atom is 0.241 e. The zero-order chi connectivity index (χ0) is 15.2. The van der Waals surface area contributed by atoms with Crippen LogP contribution in [0.15, 0.2) is 29.2 Å². The average Bonchev–Trinajstić information content (AvgIpc) is 2.46. The molecule has 0 saturated carbocycles. The Morgan fingerprint density at radius 1 is 1.10 bits per heavy atom. The van der Waals surface area contributed by atoms with Crippen molar-refractivity contribution in [3.8, 4) is 0 Å². The molecular weight excluding hydrogens is 406 g/mol. The van der Waals surface area contributed by atoms with Gasteiger partial charge in [0, 0.05) is 10.7 Å². The molecule has 3 nitrogen and oxygen atoms in total. The lowest BCUT2D eigenvalue weighted by molar-refractivity contribution is 0.459. The van der Waals surface area contributed by atoms with Gasteiger partial charge in [-0.1, -0.05) is 64.3 Å².